The van der Waals surface area contributed by atoms with Gasteiger partial charge in [-0.25, -0.2) is 17.2 Å². The quantitative estimate of drug-likeness (QED) is 0.484. The molecule has 18 heavy (non-hydrogen) atoms. The van der Waals surface area contributed by atoms with Gasteiger partial charge < -0.3 is 0 Å². The Hall–Kier alpha value is -1.79. The molecule has 0 bridgehead atoms. The highest BCUT2D eigenvalue weighted by Gasteiger charge is 2.27. The van der Waals surface area contributed by atoms with Gasteiger partial charge in [0, 0.05) is 22.3 Å². The van der Waals surface area contributed by atoms with Gasteiger partial charge in [0.05, 0.1) is 9.82 Å². The summed E-state index contributed by atoms with van der Waals surface area (Å²) in [5.41, 5.74) is -2.97. The topological polar surface area (TPSA) is 101 Å². The summed E-state index contributed by atoms with van der Waals surface area (Å²) < 4.78 is 47.2. The second-order valence-corrected chi connectivity index (χ2v) is 5.58. The van der Waals surface area contributed by atoms with Crippen molar-refractivity contribution >= 4 is 25.4 Å². The van der Waals surface area contributed by atoms with E-state index in [1.165, 1.54) is 6.07 Å². The number of nitrogens with zero attached hydrogens (tertiary/aromatic N) is 2. The molecular weight excluding hydrogens is 294 g/mol. The lowest BCUT2D eigenvalue weighted by atomic mass is 10.1. The molecule has 0 N–H and O–H groups in total. The fourth-order valence-electron chi connectivity index (χ4n) is 1.20. The van der Waals surface area contributed by atoms with E-state index in [9.17, 15) is 27.3 Å². The van der Waals surface area contributed by atoms with Crippen LogP contribution in [0.5, 0.6) is 0 Å². The van der Waals surface area contributed by atoms with E-state index in [0.717, 1.165) is 0 Å². The van der Waals surface area contributed by atoms with Crippen molar-refractivity contribution < 1.29 is 22.1 Å². The van der Waals surface area contributed by atoms with Gasteiger partial charge in [0.15, 0.2) is 0 Å². The van der Waals surface area contributed by atoms with E-state index in [1.54, 1.807) is 0 Å². The van der Waals surface area contributed by atoms with Crippen molar-refractivity contribution in [1.82, 2.24) is 0 Å². The van der Waals surface area contributed by atoms with Gasteiger partial charge in [-0.05, 0) is 6.07 Å². The zero-order valence-electron chi connectivity index (χ0n) is 8.30. The first-order chi connectivity index (χ1) is 8.18. The molecule has 1 aromatic carbocycles. The van der Waals surface area contributed by atoms with Crippen LogP contribution >= 0.6 is 10.7 Å². The van der Waals surface area contributed by atoms with Crippen LogP contribution in [0.4, 0.5) is 14.5 Å². The Bertz CT molecular complexity index is 654. The third-order valence-electron chi connectivity index (χ3n) is 1.95. The molecule has 0 saturated heterocycles. The van der Waals surface area contributed by atoms with Gasteiger partial charge in [-0.3, -0.25) is 10.1 Å². The molecular formula is C8H3ClF2N2O4S. The van der Waals surface area contributed by atoms with Gasteiger partial charge >= 0.3 is 0 Å². The number of alkyl halides is 2. The molecule has 0 saturated carbocycles. The van der Waals surface area contributed by atoms with Crippen LogP contribution in [0.3, 0.4) is 0 Å². The summed E-state index contributed by atoms with van der Waals surface area (Å²) in [7, 11) is 0.514. The summed E-state index contributed by atoms with van der Waals surface area (Å²) in [4.78, 5) is 8.62. The van der Waals surface area contributed by atoms with Gasteiger partial charge in [-0.1, -0.05) is 0 Å². The standard InChI is InChI=1S/C8H3ClF2N2O4S/c9-18(16,17)4-1-5(8(10)11)6(3-12)7(2-4)13(14)15/h1-2,8H. The van der Waals surface area contributed by atoms with Crippen LogP contribution in [0.15, 0.2) is 17.0 Å². The molecule has 0 atom stereocenters. The largest absolute Gasteiger partial charge is 0.288 e. The highest BCUT2D eigenvalue weighted by molar-refractivity contribution is 8.13. The van der Waals surface area contributed by atoms with Crippen LogP contribution in [0, 0.1) is 21.4 Å². The number of nitro groups is 1. The molecule has 0 fully saturated rings. The maximum atomic E-state index is 12.6. The molecule has 0 unspecified atom stereocenters. The Morgan fingerprint density at radius 3 is 2.33 bits per heavy atom. The third-order valence-corrected chi connectivity index (χ3v) is 3.28. The second-order valence-electron chi connectivity index (χ2n) is 3.01. The lowest BCUT2D eigenvalue weighted by molar-refractivity contribution is -0.385. The first-order valence-electron chi connectivity index (χ1n) is 4.13. The van der Waals surface area contributed by atoms with Crippen molar-refractivity contribution in [2.45, 2.75) is 11.3 Å². The summed E-state index contributed by atoms with van der Waals surface area (Å²) in [5, 5.41) is 19.2. The van der Waals surface area contributed by atoms with Crippen molar-refractivity contribution in [3.8, 4) is 6.07 Å². The van der Waals surface area contributed by atoms with Crippen LogP contribution in [0.2, 0.25) is 0 Å². The minimum absolute atomic E-state index is 0.443. The Morgan fingerprint density at radius 2 is 2.00 bits per heavy atom. The molecule has 0 radical (unpaired) electrons. The van der Waals surface area contributed by atoms with Crippen LogP contribution in [0.1, 0.15) is 17.6 Å². The lowest BCUT2D eigenvalue weighted by Crippen LogP contribution is -2.02. The summed E-state index contributed by atoms with van der Waals surface area (Å²) >= 11 is 0. The summed E-state index contributed by atoms with van der Waals surface area (Å²) in [6.07, 6.45) is -3.24. The van der Waals surface area contributed by atoms with E-state index in [4.69, 9.17) is 15.9 Å². The van der Waals surface area contributed by atoms with Crippen molar-refractivity contribution in [2.24, 2.45) is 0 Å². The fourth-order valence-corrected chi connectivity index (χ4v) is 1.99. The van der Waals surface area contributed by atoms with Crippen molar-refractivity contribution in [2.75, 3.05) is 0 Å². The predicted octanol–water partition coefficient (Wildman–Crippen LogP) is 2.33. The van der Waals surface area contributed by atoms with Crippen LogP contribution in [-0.2, 0) is 9.05 Å². The number of hydrogen-bond acceptors (Lipinski definition) is 5. The van der Waals surface area contributed by atoms with Gasteiger partial charge in [-0.15, -0.1) is 0 Å². The molecule has 0 heterocycles. The average molecular weight is 297 g/mol. The Labute approximate surface area is 104 Å². The number of benzene rings is 1. The van der Waals surface area contributed by atoms with E-state index in [2.05, 4.69) is 0 Å². The molecule has 10 heteroatoms. The van der Waals surface area contributed by atoms with Gasteiger partial charge in [0.1, 0.15) is 11.6 Å². The predicted molar refractivity (Wildman–Crippen MR) is 55.8 cm³/mol. The average Bonchev–Trinajstić information content (AvgIpc) is 2.25. The first-order valence-corrected chi connectivity index (χ1v) is 6.44. The minimum Gasteiger partial charge on any atom is -0.258 e. The van der Waals surface area contributed by atoms with E-state index in [-0.39, 0.29) is 0 Å². The third kappa shape index (κ3) is 2.72. The van der Waals surface area contributed by atoms with E-state index < -0.39 is 42.1 Å². The second kappa shape index (κ2) is 4.83. The number of halogens is 3. The van der Waals surface area contributed by atoms with E-state index in [1.807, 2.05) is 0 Å². The van der Waals surface area contributed by atoms with Crippen molar-refractivity contribution in [1.29, 1.82) is 5.26 Å². The summed E-state index contributed by atoms with van der Waals surface area (Å²) in [6.45, 7) is 0. The molecule has 0 aliphatic rings. The Morgan fingerprint density at radius 1 is 1.44 bits per heavy atom. The zero-order chi connectivity index (χ0) is 14.1. The molecule has 0 amide bonds. The van der Waals surface area contributed by atoms with Crippen LogP contribution in [0.25, 0.3) is 0 Å². The highest BCUT2D eigenvalue weighted by Crippen LogP contribution is 2.33. The van der Waals surface area contributed by atoms with Crippen molar-refractivity contribution in [3.05, 3.63) is 33.4 Å². The maximum Gasteiger partial charge on any atom is 0.288 e. The SMILES string of the molecule is N#Cc1c(C(F)F)cc(S(=O)(=O)Cl)cc1[N+](=O)[O-]. The minimum atomic E-state index is -4.41. The molecule has 0 aliphatic heterocycles. The number of hydrogen-bond donors (Lipinski definition) is 0. The van der Waals surface area contributed by atoms with Crippen molar-refractivity contribution in [3.63, 3.8) is 0 Å². The molecule has 96 valence electrons. The van der Waals surface area contributed by atoms with E-state index in [0.29, 0.717) is 12.1 Å². The molecule has 1 rings (SSSR count). The fraction of sp³-hybridized carbons (Fsp3) is 0.125. The van der Waals surface area contributed by atoms with Gasteiger partial charge in [0.2, 0.25) is 0 Å². The summed E-state index contributed by atoms with van der Waals surface area (Å²) in [5.74, 6) is 0. The number of nitro benzene ring substituents is 1. The van der Waals surface area contributed by atoms with Gasteiger partial charge in [0.25, 0.3) is 21.2 Å². The molecule has 6 nitrogen and oxygen atoms in total. The Kier molecular flexibility index (Phi) is 3.83. The maximum absolute atomic E-state index is 12.6. The molecule has 0 spiro atoms. The lowest BCUT2D eigenvalue weighted by Gasteiger charge is -2.05. The van der Waals surface area contributed by atoms with Gasteiger partial charge in [-0.2, -0.15) is 5.26 Å². The van der Waals surface area contributed by atoms with Crippen LogP contribution in [-0.4, -0.2) is 13.3 Å². The smallest absolute Gasteiger partial charge is 0.258 e. The number of rotatable bonds is 3. The first kappa shape index (κ1) is 14.3. The zero-order valence-corrected chi connectivity index (χ0v) is 9.87. The summed E-state index contributed by atoms with van der Waals surface area (Å²) in [6, 6.07) is 2.15. The van der Waals surface area contributed by atoms with E-state index >= 15 is 0 Å². The Balaban J connectivity index is 3.78. The normalized spacial score (nSPS) is 11.3. The van der Waals surface area contributed by atoms with Crippen LogP contribution < -0.4 is 0 Å². The molecule has 1 aromatic rings. The monoisotopic (exact) mass is 296 g/mol. The molecule has 0 aromatic heterocycles. The number of nitriles is 1. The molecule has 0 aliphatic carbocycles. The highest BCUT2D eigenvalue weighted by atomic mass is 35.7.